The molecule has 1 unspecified atom stereocenters. The summed E-state index contributed by atoms with van der Waals surface area (Å²) in [5, 5.41) is 2.97. The van der Waals surface area contributed by atoms with Crippen LogP contribution in [0, 0.1) is 0 Å². The highest BCUT2D eigenvalue weighted by molar-refractivity contribution is 5.77. The summed E-state index contributed by atoms with van der Waals surface area (Å²) in [5.74, 6) is 0.545. The second kappa shape index (κ2) is 6.65. The molecule has 0 saturated carbocycles. The van der Waals surface area contributed by atoms with Crippen LogP contribution in [0.15, 0.2) is 4.99 Å². The van der Waals surface area contributed by atoms with Crippen molar-refractivity contribution < 1.29 is 4.74 Å². The fourth-order valence-electron chi connectivity index (χ4n) is 1.60. The van der Waals surface area contributed by atoms with Gasteiger partial charge in [-0.1, -0.05) is 0 Å². The Morgan fingerprint density at radius 3 is 3.07 bits per heavy atom. The highest BCUT2D eigenvalue weighted by Gasteiger charge is 2.12. The minimum Gasteiger partial charge on any atom is -0.378 e. The number of nitrogens with one attached hydrogen (secondary N) is 1. The summed E-state index contributed by atoms with van der Waals surface area (Å²) < 4.78 is 5.59. The van der Waals surface area contributed by atoms with Crippen LogP contribution in [0.1, 0.15) is 32.6 Å². The summed E-state index contributed by atoms with van der Waals surface area (Å²) >= 11 is 0. The molecule has 0 aromatic rings. The molecule has 4 heteroatoms. The van der Waals surface area contributed by atoms with Crippen molar-refractivity contribution in [1.82, 2.24) is 5.32 Å². The van der Waals surface area contributed by atoms with E-state index < -0.39 is 0 Å². The molecule has 0 bridgehead atoms. The van der Waals surface area contributed by atoms with Gasteiger partial charge in [0.1, 0.15) is 0 Å². The third kappa shape index (κ3) is 4.46. The molecule has 0 spiro atoms. The summed E-state index contributed by atoms with van der Waals surface area (Å²) in [6.07, 6.45) is 5.07. The van der Waals surface area contributed by atoms with Gasteiger partial charge >= 0.3 is 0 Å². The molecule has 1 saturated heterocycles. The summed E-state index contributed by atoms with van der Waals surface area (Å²) in [6, 6.07) is 0. The van der Waals surface area contributed by atoms with Crippen molar-refractivity contribution in [2.45, 2.75) is 38.7 Å². The van der Waals surface area contributed by atoms with Crippen molar-refractivity contribution in [2.75, 3.05) is 19.7 Å². The number of aliphatic imine (C=N–C) groups is 1. The molecule has 0 amide bonds. The van der Waals surface area contributed by atoms with E-state index in [0.717, 1.165) is 26.1 Å². The van der Waals surface area contributed by atoms with Crippen molar-refractivity contribution in [3.63, 3.8) is 0 Å². The van der Waals surface area contributed by atoms with Crippen molar-refractivity contribution in [3.8, 4) is 0 Å². The van der Waals surface area contributed by atoms with E-state index in [0.29, 0.717) is 12.1 Å². The van der Waals surface area contributed by atoms with E-state index in [-0.39, 0.29) is 0 Å². The zero-order valence-corrected chi connectivity index (χ0v) is 8.96. The van der Waals surface area contributed by atoms with Gasteiger partial charge in [0.05, 0.1) is 6.10 Å². The Hall–Kier alpha value is -0.770. The molecule has 1 fully saturated rings. The number of rotatable bonds is 4. The Kier molecular flexibility index (Phi) is 5.37. The first kappa shape index (κ1) is 11.3. The molecule has 1 atom stereocenters. The Morgan fingerprint density at radius 1 is 1.57 bits per heavy atom. The Morgan fingerprint density at radius 2 is 2.43 bits per heavy atom. The monoisotopic (exact) mass is 199 g/mol. The molecule has 1 rings (SSSR count). The molecule has 14 heavy (non-hydrogen) atoms. The van der Waals surface area contributed by atoms with Gasteiger partial charge in [0, 0.05) is 19.7 Å². The van der Waals surface area contributed by atoms with Gasteiger partial charge in [-0.2, -0.15) is 0 Å². The van der Waals surface area contributed by atoms with E-state index in [1.807, 2.05) is 6.92 Å². The maximum absolute atomic E-state index is 5.60. The number of hydrogen-bond donors (Lipinski definition) is 2. The molecule has 3 N–H and O–H groups in total. The molecular formula is C10H21N3O. The first-order chi connectivity index (χ1) is 6.83. The lowest BCUT2D eigenvalue weighted by Crippen LogP contribution is -2.31. The van der Waals surface area contributed by atoms with Gasteiger partial charge in [-0.05, 0) is 32.6 Å². The van der Waals surface area contributed by atoms with Crippen LogP contribution in [0.3, 0.4) is 0 Å². The molecular weight excluding hydrogens is 178 g/mol. The smallest absolute Gasteiger partial charge is 0.188 e. The molecule has 1 aliphatic rings. The fourth-order valence-corrected chi connectivity index (χ4v) is 1.60. The van der Waals surface area contributed by atoms with Gasteiger partial charge in [0.25, 0.3) is 0 Å². The van der Waals surface area contributed by atoms with Crippen LogP contribution in [0.5, 0.6) is 0 Å². The number of nitrogens with zero attached hydrogens (tertiary/aromatic N) is 1. The van der Waals surface area contributed by atoms with Crippen LogP contribution in [0.2, 0.25) is 0 Å². The predicted molar refractivity (Wildman–Crippen MR) is 58.4 cm³/mol. The Labute approximate surface area is 85.9 Å². The predicted octanol–water partition coefficient (Wildman–Crippen LogP) is 0.870. The van der Waals surface area contributed by atoms with Crippen LogP contribution in [0.25, 0.3) is 0 Å². The van der Waals surface area contributed by atoms with Crippen molar-refractivity contribution in [2.24, 2.45) is 10.7 Å². The highest BCUT2D eigenvalue weighted by atomic mass is 16.5. The van der Waals surface area contributed by atoms with Gasteiger partial charge in [0.2, 0.25) is 0 Å². The van der Waals surface area contributed by atoms with E-state index in [9.17, 15) is 0 Å². The molecule has 1 aliphatic heterocycles. The second-order valence-electron chi connectivity index (χ2n) is 3.57. The average Bonchev–Trinajstić information content (AvgIpc) is 2.20. The summed E-state index contributed by atoms with van der Waals surface area (Å²) in [5.41, 5.74) is 5.60. The number of nitrogens with two attached hydrogens (primary N) is 1. The van der Waals surface area contributed by atoms with Crippen LogP contribution in [-0.2, 0) is 4.74 Å². The largest absolute Gasteiger partial charge is 0.378 e. The SMILES string of the molecule is CCNC(N)=NCCC1CCCCO1. The van der Waals surface area contributed by atoms with Gasteiger partial charge < -0.3 is 15.8 Å². The van der Waals surface area contributed by atoms with Crippen molar-refractivity contribution in [1.29, 1.82) is 0 Å². The van der Waals surface area contributed by atoms with Crippen molar-refractivity contribution >= 4 is 5.96 Å². The minimum atomic E-state index is 0.405. The first-order valence-electron chi connectivity index (χ1n) is 5.48. The summed E-state index contributed by atoms with van der Waals surface area (Å²) in [7, 11) is 0. The first-order valence-corrected chi connectivity index (χ1v) is 5.48. The zero-order valence-electron chi connectivity index (χ0n) is 8.96. The maximum Gasteiger partial charge on any atom is 0.188 e. The standard InChI is InChI=1S/C10H21N3O/c1-2-12-10(11)13-7-6-9-5-3-4-8-14-9/h9H,2-8H2,1H3,(H3,11,12,13). The van der Waals surface area contributed by atoms with Gasteiger partial charge in [-0.15, -0.1) is 0 Å². The number of guanidine groups is 1. The van der Waals surface area contributed by atoms with Gasteiger partial charge in [-0.3, -0.25) is 4.99 Å². The molecule has 82 valence electrons. The van der Waals surface area contributed by atoms with E-state index in [1.165, 1.54) is 19.3 Å². The topological polar surface area (TPSA) is 59.6 Å². The van der Waals surface area contributed by atoms with E-state index in [1.54, 1.807) is 0 Å². The second-order valence-corrected chi connectivity index (χ2v) is 3.57. The number of ether oxygens (including phenoxy) is 1. The fraction of sp³-hybridized carbons (Fsp3) is 0.900. The average molecular weight is 199 g/mol. The Bertz CT molecular complexity index is 176. The molecule has 1 heterocycles. The molecule has 0 radical (unpaired) electrons. The van der Waals surface area contributed by atoms with Crippen LogP contribution in [0.4, 0.5) is 0 Å². The molecule has 4 nitrogen and oxygen atoms in total. The molecule has 0 aromatic carbocycles. The minimum absolute atomic E-state index is 0.405. The quantitative estimate of drug-likeness (QED) is 0.522. The lowest BCUT2D eigenvalue weighted by molar-refractivity contribution is 0.0129. The third-order valence-electron chi connectivity index (χ3n) is 2.37. The third-order valence-corrected chi connectivity index (χ3v) is 2.37. The van der Waals surface area contributed by atoms with Crippen LogP contribution < -0.4 is 11.1 Å². The van der Waals surface area contributed by atoms with E-state index in [4.69, 9.17) is 10.5 Å². The zero-order chi connectivity index (χ0) is 10.2. The lowest BCUT2D eigenvalue weighted by Gasteiger charge is -2.21. The molecule has 0 aliphatic carbocycles. The summed E-state index contributed by atoms with van der Waals surface area (Å²) in [4.78, 5) is 4.21. The van der Waals surface area contributed by atoms with E-state index in [2.05, 4.69) is 10.3 Å². The van der Waals surface area contributed by atoms with Crippen LogP contribution in [-0.4, -0.2) is 31.8 Å². The molecule has 0 aromatic heterocycles. The number of hydrogen-bond acceptors (Lipinski definition) is 2. The lowest BCUT2D eigenvalue weighted by atomic mass is 10.1. The summed E-state index contributed by atoms with van der Waals surface area (Å²) in [6.45, 7) is 4.52. The van der Waals surface area contributed by atoms with E-state index >= 15 is 0 Å². The van der Waals surface area contributed by atoms with Gasteiger partial charge in [0.15, 0.2) is 5.96 Å². The highest BCUT2D eigenvalue weighted by Crippen LogP contribution is 2.15. The van der Waals surface area contributed by atoms with Crippen molar-refractivity contribution in [3.05, 3.63) is 0 Å². The van der Waals surface area contributed by atoms with Crippen LogP contribution >= 0.6 is 0 Å². The Balaban J connectivity index is 2.09. The maximum atomic E-state index is 5.60. The van der Waals surface area contributed by atoms with Gasteiger partial charge in [-0.25, -0.2) is 0 Å². The normalized spacial score (nSPS) is 23.5.